The van der Waals surface area contributed by atoms with Crippen molar-refractivity contribution in [2.75, 3.05) is 0 Å². The first-order valence-corrected chi connectivity index (χ1v) is 24.4. The first-order chi connectivity index (χ1) is 32.2. The van der Waals surface area contributed by atoms with Gasteiger partial charge in [-0.15, -0.1) is 0 Å². The van der Waals surface area contributed by atoms with Crippen LogP contribution in [0, 0.1) is 0 Å². The van der Waals surface area contributed by atoms with E-state index in [0.29, 0.717) is 0 Å². The number of hydrogen-bond acceptors (Lipinski definition) is 2. The summed E-state index contributed by atoms with van der Waals surface area (Å²) in [4.78, 5) is 0. The Morgan fingerprint density at radius 1 is 0.354 bits per heavy atom. The van der Waals surface area contributed by atoms with Crippen LogP contribution in [0.2, 0.25) is 0 Å². The van der Waals surface area contributed by atoms with Crippen molar-refractivity contribution in [2.45, 2.75) is 0 Å². The minimum atomic E-state index is -2.74. The summed E-state index contributed by atoms with van der Waals surface area (Å²) in [6.45, 7) is -0.324. The van der Waals surface area contributed by atoms with E-state index >= 15 is 0 Å². The molecule has 304 valence electrons. The van der Waals surface area contributed by atoms with E-state index in [1.807, 2.05) is 6.07 Å². The molecule has 13 rings (SSSR count). The molecule has 0 unspecified atom stereocenters. The lowest BCUT2D eigenvalue weighted by atomic mass is 9.50. The monoisotopic (exact) mass is 845 g/mol. The number of hydrogen-bond donors (Lipinski definition) is 0. The van der Waals surface area contributed by atoms with Gasteiger partial charge in [-0.05, 0) is 85.5 Å². The van der Waals surface area contributed by atoms with Crippen LogP contribution in [0.25, 0.3) is 60.9 Å². The molecule has 0 spiro atoms. The van der Waals surface area contributed by atoms with Gasteiger partial charge in [0.25, 0.3) is 0 Å². The number of aromatic nitrogens is 1. The Morgan fingerprint density at radius 2 is 0.908 bits per heavy atom. The van der Waals surface area contributed by atoms with Crippen molar-refractivity contribution in [3.63, 3.8) is 0 Å². The predicted octanol–water partition coefficient (Wildman–Crippen LogP) is 10.8. The fourth-order valence-corrected chi connectivity index (χ4v) is 15.6. The fraction of sp³-hybridized carbons (Fsp3) is 0. The molecule has 3 heterocycles. The van der Waals surface area contributed by atoms with Crippen molar-refractivity contribution in [3.8, 4) is 56.3 Å². The van der Waals surface area contributed by atoms with Crippen molar-refractivity contribution < 1.29 is 9.39 Å². The molecule has 0 aliphatic carbocycles. The van der Waals surface area contributed by atoms with E-state index in [9.17, 15) is 0 Å². The van der Waals surface area contributed by atoms with Crippen molar-refractivity contribution in [2.24, 2.45) is 0 Å². The molecular formula is C60H40BNO2Si. The number of benzene rings is 10. The standard InChI is InChI=1S/C60H40BNO2Si/c1-4-20-44(21-5-1)65(45-22-6-2-7-23-45,46-24-8-3-9-25-46)47-26-18-19-41(37-47)42-35-36-51-52-38-43(40-59-60(52)61(64-58(51)39-42)53-30-13-17-34-57(53)63-59)48-27-10-14-31-54(48)62-55-32-15-11-28-49(55)50-29-12-16-33-56(50)62/h1-40H. The molecule has 0 fully saturated rings. The second-order valence-electron chi connectivity index (χ2n) is 17.1. The van der Waals surface area contributed by atoms with Gasteiger partial charge < -0.3 is 14.0 Å². The summed E-state index contributed by atoms with van der Waals surface area (Å²) in [5, 5.41) is 7.86. The minimum Gasteiger partial charge on any atom is -0.551 e. The molecule has 65 heavy (non-hydrogen) atoms. The van der Waals surface area contributed by atoms with E-state index in [-0.39, 0.29) is 6.92 Å². The average Bonchev–Trinajstić information content (AvgIpc) is 3.72. The van der Waals surface area contributed by atoms with E-state index in [0.717, 1.165) is 67.2 Å². The third-order valence-electron chi connectivity index (χ3n) is 13.6. The molecule has 0 saturated heterocycles. The molecule has 0 saturated carbocycles. The van der Waals surface area contributed by atoms with Crippen molar-refractivity contribution in [1.82, 2.24) is 4.57 Å². The van der Waals surface area contributed by atoms with Crippen LogP contribution in [-0.2, 0) is 0 Å². The van der Waals surface area contributed by atoms with Gasteiger partial charge in [-0.3, -0.25) is 0 Å². The van der Waals surface area contributed by atoms with E-state index < -0.39 is 8.07 Å². The number of rotatable bonds is 7. The van der Waals surface area contributed by atoms with E-state index in [2.05, 4.69) is 241 Å². The van der Waals surface area contributed by atoms with Crippen molar-refractivity contribution in [3.05, 3.63) is 243 Å². The summed E-state index contributed by atoms with van der Waals surface area (Å²) in [5.41, 5.74) is 12.2. The highest BCUT2D eigenvalue weighted by molar-refractivity contribution is 7.19. The molecule has 0 atom stereocenters. The number of para-hydroxylation sites is 4. The Hall–Kier alpha value is -8.12. The molecular weight excluding hydrogens is 806 g/mol. The zero-order valence-electron chi connectivity index (χ0n) is 35.4. The summed E-state index contributed by atoms with van der Waals surface area (Å²) in [5.74, 6) is 2.50. The molecule has 0 radical (unpaired) electrons. The third kappa shape index (κ3) is 5.83. The van der Waals surface area contributed by atoms with Crippen LogP contribution >= 0.6 is 0 Å². The SMILES string of the molecule is c1ccc([Si](c2ccccc2)(c2ccccc2)c2cccc(-c3ccc4c(c3)OB3c5ccccc5Oc5cc(-c6ccccc6-n6c7ccccc7c7ccccc76)cc-4c53)c2)cc1. The van der Waals surface area contributed by atoms with Crippen LogP contribution in [-0.4, -0.2) is 19.6 Å². The van der Waals surface area contributed by atoms with Gasteiger partial charge >= 0.3 is 6.92 Å². The van der Waals surface area contributed by atoms with Gasteiger partial charge in [-0.25, -0.2) is 0 Å². The lowest BCUT2D eigenvalue weighted by Crippen LogP contribution is -2.74. The molecule has 0 N–H and O–H groups in total. The highest BCUT2D eigenvalue weighted by Gasteiger charge is 2.43. The Morgan fingerprint density at radius 3 is 1.60 bits per heavy atom. The fourth-order valence-electron chi connectivity index (χ4n) is 10.8. The second kappa shape index (κ2) is 15.0. The lowest BCUT2D eigenvalue weighted by molar-refractivity contribution is 0.479. The highest BCUT2D eigenvalue weighted by atomic mass is 28.3. The number of fused-ring (bicyclic) bond motifs is 7. The molecule has 10 aromatic carbocycles. The maximum atomic E-state index is 7.18. The van der Waals surface area contributed by atoms with Gasteiger partial charge in [0, 0.05) is 32.8 Å². The zero-order valence-corrected chi connectivity index (χ0v) is 36.4. The smallest absolute Gasteiger partial charge is 0.434 e. The molecule has 2 aliphatic heterocycles. The van der Waals surface area contributed by atoms with Gasteiger partial charge in [0.1, 0.15) is 17.2 Å². The van der Waals surface area contributed by atoms with Gasteiger partial charge in [0.15, 0.2) is 8.07 Å². The maximum Gasteiger partial charge on any atom is 0.434 e. The topological polar surface area (TPSA) is 23.4 Å². The Balaban J connectivity index is 0.988. The van der Waals surface area contributed by atoms with E-state index in [1.54, 1.807) is 0 Å². The Labute approximate surface area is 379 Å². The molecule has 2 aliphatic rings. The summed E-state index contributed by atoms with van der Waals surface area (Å²) in [7, 11) is -2.74. The van der Waals surface area contributed by atoms with Gasteiger partial charge in [-0.2, -0.15) is 0 Å². The summed E-state index contributed by atoms with van der Waals surface area (Å²) in [6.07, 6.45) is 0. The van der Waals surface area contributed by atoms with Crippen LogP contribution < -0.4 is 41.1 Å². The molecule has 11 aromatic rings. The van der Waals surface area contributed by atoms with Crippen LogP contribution in [0.4, 0.5) is 0 Å². The highest BCUT2D eigenvalue weighted by Crippen LogP contribution is 2.44. The van der Waals surface area contributed by atoms with Crippen LogP contribution in [0.5, 0.6) is 17.2 Å². The van der Waals surface area contributed by atoms with Crippen LogP contribution in [0.3, 0.4) is 0 Å². The minimum absolute atomic E-state index is 0.324. The maximum absolute atomic E-state index is 7.18. The molecule has 5 heteroatoms. The quantitative estimate of drug-likeness (QED) is 0.118. The number of nitrogens with zero attached hydrogens (tertiary/aromatic N) is 1. The van der Waals surface area contributed by atoms with Crippen molar-refractivity contribution in [1.29, 1.82) is 0 Å². The number of ether oxygens (including phenoxy) is 1. The zero-order chi connectivity index (χ0) is 42.9. The van der Waals surface area contributed by atoms with Crippen LogP contribution in [0.15, 0.2) is 243 Å². The van der Waals surface area contributed by atoms with E-state index in [1.165, 1.54) is 42.6 Å². The predicted molar refractivity (Wildman–Crippen MR) is 273 cm³/mol. The molecule has 0 bridgehead atoms. The lowest BCUT2D eigenvalue weighted by Gasteiger charge is -2.35. The largest absolute Gasteiger partial charge is 0.551 e. The van der Waals surface area contributed by atoms with Gasteiger partial charge in [0.05, 0.1) is 16.7 Å². The van der Waals surface area contributed by atoms with Gasteiger partial charge in [-0.1, -0.05) is 200 Å². The molecule has 0 amide bonds. The summed E-state index contributed by atoms with van der Waals surface area (Å²) >= 11 is 0. The summed E-state index contributed by atoms with van der Waals surface area (Å²) in [6, 6.07) is 88.4. The third-order valence-corrected chi connectivity index (χ3v) is 18.4. The first kappa shape index (κ1) is 37.4. The van der Waals surface area contributed by atoms with E-state index in [4.69, 9.17) is 9.39 Å². The van der Waals surface area contributed by atoms with Crippen molar-refractivity contribution >= 4 is 68.5 Å². The first-order valence-electron chi connectivity index (χ1n) is 22.4. The van der Waals surface area contributed by atoms with Gasteiger partial charge in [0.2, 0.25) is 0 Å². The molecule has 1 aromatic heterocycles. The molecule has 3 nitrogen and oxygen atoms in total. The normalized spacial score (nSPS) is 12.5. The second-order valence-corrected chi connectivity index (χ2v) is 20.9. The average molecular weight is 846 g/mol. The summed E-state index contributed by atoms with van der Waals surface area (Å²) < 4.78 is 16.4. The Kier molecular flexibility index (Phi) is 8.65. The Bertz CT molecular complexity index is 3470. The van der Waals surface area contributed by atoms with Crippen LogP contribution in [0.1, 0.15) is 0 Å².